The maximum absolute atomic E-state index is 13.0. The van der Waals surface area contributed by atoms with Crippen molar-refractivity contribution in [3.8, 4) is 0 Å². The fraction of sp³-hybridized carbons (Fsp3) is 0.579. The van der Waals surface area contributed by atoms with E-state index in [1.807, 2.05) is 13.8 Å². The first kappa shape index (κ1) is 22.4. The summed E-state index contributed by atoms with van der Waals surface area (Å²) in [5.41, 5.74) is 0.425. The molecule has 7 heteroatoms. The molecule has 0 radical (unpaired) electrons. The summed E-state index contributed by atoms with van der Waals surface area (Å²) in [5.74, 6) is -0.998. The van der Waals surface area contributed by atoms with Crippen LogP contribution in [0.1, 0.15) is 44.0 Å². The first-order valence-electron chi connectivity index (χ1n) is 8.86. The van der Waals surface area contributed by atoms with E-state index in [-0.39, 0.29) is 35.6 Å². The molecule has 1 aromatic rings. The average molecular weight is 386 g/mol. The molecule has 0 bridgehead atoms. The third-order valence-electron chi connectivity index (χ3n) is 4.84. The van der Waals surface area contributed by atoms with Crippen molar-refractivity contribution >= 4 is 24.2 Å². The van der Waals surface area contributed by atoms with Crippen molar-refractivity contribution < 1.29 is 14.0 Å². The number of hydrogen-bond donors (Lipinski definition) is 3. The number of hydrogen-bond acceptors (Lipinski definition) is 3. The summed E-state index contributed by atoms with van der Waals surface area (Å²) in [5, 5.41) is 9.09. The summed E-state index contributed by atoms with van der Waals surface area (Å²) >= 11 is 0. The maximum Gasteiger partial charge on any atom is 0.251 e. The first-order valence-corrected chi connectivity index (χ1v) is 8.86. The van der Waals surface area contributed by atoms with E-state index in [2.05, 4.69) is 22.9 Å². The Labute approximate surface area is 160 Å². The summed E-state index contributed by atoms with van der Waals surface area (Å²) in [6.07, 6.45) is 2.03. The van der Waals surface area contributed by atoms with Crippen LogP contribution >= 0.6 is 12.4 Å². The van der Waals surface area contributed by atoms with Crippen molar-refractivity contribution in [1.82, 2.24) is 16.0 Å². The van der Waals surface area contributed by atoms with Gasteiger partial charge in [0, 0.05) is 12.1 Å². The minimum atomic E-state index is -0.622. The van der Waals surface area contributed by atoms with Gasteiger partial charge in [-0.05, 0) is 61.5 Å². The van der Waals surface area contributed by atoms with Crippen LogP contribution in [-0.2, 0) is 4.79 Å². The van der Waals surface area contributed by atoms with E-state index < -0.39 is 11.9 Å². The summed E-state index contributed by atoms with van der Waals surface area (Å²) in [7, 11) is 0. The van der Waals surface area contributed by atoms with E-state index in [1.54, 1.807) is 0 Å². The van der Waals surface area contributed by atoms with Crippen LogP contribution in [-0.4, -0.2) is 37.5 Å². The van der Waals surface area contributed by atoms with E-state index in [9.17, 15) is 14.0 Å². The number of rotatable bonds is 6. The number of benzene rings is 1. The van der Waals surface area contributed by atoms with Crippen molar-refractivity contribution in [2.45, 2.75) is 39.7 Å². The molecule has 5 nitrogen and oxygen atoms in total. The van der Waals surface area contributed by atoms with Crippen LogP contribution in [0.15, 0.2) is 24.3 Å². The lowest BCUT2D eigenvalue weighted by Gasteiger charge is -2.35. The summed E-state index contributed by atoms with van der Waals surface area (Å²) in [6, 6.07) is 4.67. The highest BCUT2D eigenvalue weighted by atomic mass is 35.5. The molecule has 2 amide bonds. The van der Waals surface area contributed by atoms with Gasteiger partial charge in [0.15, 0.2) is 0 Å². The third kappa shape index (κ3) is 6.25. The van der Waals surface area contributed by atoms with Crippen molar-refractivity contribution in [3.63, 3.8) is 0 Å². The molecular weight excluding hydrogens is 357 g/mol. The lowest BCUT2D eigenvalue weighted by atomic mass is 9.81. The van der Waals surface area contributed by atoms with Crippen molar-refractivity contribution in [2.24, 2.45) is 11.3 Å². The zero-order valence-corrected chi connectivity index (χ0v) is 16.4. The zero-order valence-electron chi connectivity index (χ0n) is 15.6. The van der Waals surface area contributed by atoms with Gasteiger partial charge in [-0.3, -0.25) is 9.59 Å². The summed E-state index contributed by atoms with van der Waals surface area (Å²) in [6.45, 7) is 8.48. The molecule has 3 N–H and O–H groups in total. The van der Waals surface area contributed by atoms with Gasteiger partial charge in [-0.1, -0.05) is 20.8 Å². The van der Waals surface area contributed by atoms with Gasteiger partial charge in [0.05, 0.1) is 0 Å². The fourth-order valence-electron chi connectivity index (χ4n) is 2.98. The van der Waals surface area contributed by atoms with Gasteiger partial charge in [0.1, 0.15) is 11.9 Å². The van der Waals surface area contributed by atoms with E-state index in [0.717, 1.165) is 25.9 Å². The smallest absolute Gasteiger partial charge is 0.251 e. The maximum atomic E-state index is 13.0. The molecule has 0 saturated carbocycles. The molecule has 1 aliphatic heterocycles. The first-order chi connectivity index (χ1) is 11.8. The second-order valence-electron chi connectivity index (χ2n) is 7.48. The average Bonchev–Trinajstić information content (AvgIpc) is 2.58. The molecule has 0 aromatic heterocycles. The molecular formula is C19H29ClFN3O2. The van der Waals surface area contributed by atoms with Gasteiger partial charge in [0.2, 0.25) is 5.91 Å². The molecule has 0 spiro atoms. The van der Waals surface area contributed by atoms with Crippen LogP contribution in [0, 0.1) is 17.2 Å². The highest BCUT2D eigenvalue weighted by Crippen LogP contribution is 2.26. The van der Waals surface area contributed by atoms with Crippen molar-refractivity contribution in [3.05, 3.63) is 35.6 Å². The summed E-state index contributed by atoms with van der Waals surface area (Å²) in [4.78, 5) is 24.9. The van der Waals surface area contributed by atoms with Gasteiger partial charge < -0.3 is 16.0 Å². The quantitative estimate of drug-likeness (QED) is 0.704. The van der Waals surface area contributed by atoms with E-state index in [4.69, 9.17) is 0 Å². The Balaban J connectivity index is 0.00000338. The topological polar surface area (TPSA) is 70.2 Å². The van der Waals surface area contributed by atoms with Gasteiger partial charge in [-0.15, -0.1) is 12.4 Å². The Morgan fingerprint density at radius 3 is 2.31 bits per heavy atom. The third-order valence-corrected chi connectivity index (χ3v) is 4.84. The summed E-state index contributed by atoms with van der Waals surface area (Å²) < 4.78 is 13.0. The van der Waals surface area contributed by atoms with Crippen LogP contribution in [0.25, 0.3) is 0 Å². The number of nitrogens with one attached hydrogen (secondary N) is 3. The molecule has 1 unspecified atom stereocenters. The Bertz CT molecular complexity index is 601. The minimum absolute atomic E-state index is 0. The predicted molar refractivity (Wildman–Crippen MR) is 103 cm³/mol. The second-order valence-corrected chi connectivity index (χ2v) is 7.48. The molecule has 1 aromatic carbocycles. The molecule has 146 valence electrons. The lowest BCUT2D eigenvalue weighted by Crippen LogP contribution is -2.52. The highest BCUT2D eigenvalue weighted by molar-refractivity contribution is 5.97. The SMILES string of the molecule is CC(C)C(NC(=O)c1ccc(F)cc1)C(=O)NCC1(C)CCNCC1.Cl. The van der Waals surface area contributed by atoms with Crippen LogP contribution in [0.5, 0.6) is 0 Å². The van der Waals surface area contributed by atoms with Gasteiger partial charge in [-0.25, -0.2) is 4.39 Å². The standard InChI is InChI=1S/C19H28FN3O2.ClH/c1-13(2)16(23-17(24)14-4-6-15(20)7-5-14)18(25)22-12-19(3)8-10-21-11-9-19;/h4-7,13,16,21H,8-12H2,1-3H3,(H,22,25)(H,23,24);1H. The van der Waals surface area contributed by atoms with Crippen LogP contribution in [0.2, 0.25) is 0 Å². The largest absolute Gasteiger partial charge is 0.354 e. The van der Waals surface area contributed by atoms with Crippen LogP contribution in [0.3, 0.4) is 0 Å². The molecule has 1 aliphatic rings. The normalized spacial score (nSPS) is 17.1. The second kappa shape index (κ2) is 9.88. The minimum Gasteiger partial charge on any atom is -0.354 e. The fourth-order valence-corrected chi connectivity index (χ4v) is 2.98. The number of carbonyl (C=O) groups excluding carboxylic acids is 2. The van der Waals surface area contributed by atoms with Crippen molar-refractivity contribution in [2.75, 3.05) is 19.6 Å². The molecule has 1 saturated heterocycles. The molecule has 1 fully saturated rings. The van der Waals surface area contributed by atoms with Crippen LogP contribution < -0.4 is 16.0 Å². The Hall–Kier alpha value is -1.66. The molecule has 2 rings (SSSR count). The van der Waals surface area contributed by atoms with Gasteiger partial charge in [-0.2, -0.15) is 0 Å². The number of piperidine rings is 1. The van der Waals surface area contributed by atoms with Gasteiger partial charge in [0.25, 0.3) is 5.91 Å². The predicted octanol–water partition coefficient (Wildman–Crippen LogP) is 2.51. The Kier molecular flexibility index (Phi) is 8.50. The Morgan fingerprint density at radius 2 is 1.77 bits per heavy atom. The highest BCUT2D eigenvalue weighted by Gasteiger charge is 2.30. The van der Waals surface area contributed by atoms with Crippen molar-refractivity contribution in [1.29, 1.82) is 0 Å². The number of halogens is 2. The Morgan fingerprint density at radius 1 is 1.19 bits per heavy atom. The van der Waals surface area contributed by atoms with Gasteiger partial charge >= 0.3 is 0 Å². The van der Waals surface area contributed by atoms with Crippen LogP contribution in [0.4, 0.5) is 4.39 Å². The molecule has 0 aliphatic carbocycles. The lowest BCUT2D eigenvalue weighted by molar-refractivity contribution is -0.124. The van der Waals surface area contributed by atoms with E-state index in [0.29, 0.717) is 12.1 Å². The monoisotopic (exact) mass is 385 g/mol. The molecule has 26 heavy (non-hydrogen) atoms. The van der Waals surface area contributed by atoms with E-state index >= 15 is 0 Å². The number of amides is 2. The number of carbonyl (C=O) groups is 2. The van der Waals surface area contributed by atoms with E-state index in [1.165, 1.54) is 24.3 Å². The molecule has 1 atom stereocenters. The zero-order chi connectivity index (χ0) is 18.4. The molecule has 1 heterocycles.